The fraction of sp³-hybridized carbons (Fsp3) is 0.316. The number of benzene rings is 1. The molecule has 1 N–H and O–H groups in total. The lowest BCUT2D eigenvalue weighted by Crippen LogP contribution is -2.30. The number of aromatic nitrogens is 2. The van der Waals surface area contributed by atoms with E-state index in [-0.39, 0.29) is 11.9 Å². The third kappa shape index (κ3) is 3.96. The molecule has 5 nitrogen and oxygen atoms in total. The molecule has 1 aromatic carbocycles. The molecule has 1 unspecified atom stereocenters. The second-order valence-electron chi connectivity index (χ2n) is 6.32. The van der Waals surface area contributed by atoms with E-state index in [4.69, 9.17) is 4.52 Å². The average Bonchev–Trinajstić information content (AvgIpc) is 3.13. The normalized spacial score (nSPS) is 15.0. The minimum atomic E-state index is 0.0241. The quantitative estimate of drug-likeness (QED) is 0.697. The highest BCUT2D eigenvalue weighted by Crippen LogP contribution is 2.40. The minimum absolute atomic E-state index is 0.0241. The van der Waals surface area contributed by atoms with Crippen molar-refractivity contribution < 1.29 is 9.32 Å². The van der Waals surface area contributed by atoms with E-state index in [2.05, 4.69) is 27.6 Å². The van der Waals surface area contributed by atoms with Crippen LogP contribution in [-0.4, -0.2) is 16.0 Å². The number of carbonyl (C=O) groups excluding carboxylic acids is 1. The molecule has 0 saturated heterocycles. The first-order valence-electron chi connectivity index (χ1n) is 8.49. The number of thiophene rings is 1. The molecule has 1 atom stereocenters. The van der Waals surface area contributed by atoms with E-state index in [1.165, 1.54) is 18.4 Å². The summed E-state index contributed by atoms with van der Waals surface area (Å²) in [6.07, 6.45) is 3.15. The standard InChI is InChI=1S/C19H19N3O2S/c23-16(20-18(14-6-7-14)13-4-2-1-3-5-13)8-9-17-21-19(22-24-17)15-10-11-25-12-15/h1-5,10-12,14,18H,6-9H2,(H,20,23). The van der Waals surface area contributed by atoms with Crippen molar-refractivity contribution in [1.82, 2.24) is 15.5 Å². The number of hydrogen-bond donors (Lipinski definition) is 1. The molecule has 2 aromatic heterocycles. The lowest BCUT2D eigenvalue weighted by Gasteiger charge is -2.18. The fourth-order valence-electron chi connectivity index (χ4n) is 2.89. The van der Waals surface area contributed by atoms with E-state index < -0.39 is 0 Å². The van der Waals surface area contributed by atoms with Crippen molar-refractivity contribution in [1.29, 1.82) is 0 Å². The van der Waals surface area contributed by atoms with Gasteiger partial charge in [-0.15, -0.1) is 0 Å². The number of nitrogens with zero attached hydrogens (tertiary/aromatic N) is 2. The van der Waals surface area contributed by atoms with Crippen molar-refractivity contribution in [3.63, 3.8) is 0 Å². The van der Waals surface area contributed by atoms with Gasteiger partial charge >= 0.3 is 0 Å². The maximum atomic E-state index is 12.4. The van der Waals surface area contributed by atoms with Crippen molar-refractivity contribution in [3.8, 4) is 11.4 Å². The summed E-state index contributed by atoms with van der Waals surface area (Å²) in [6.45, 7) is 0. The molecule has 1 aliphatic carbocycles. The fourth-order valence-corrected chi connectivity index (χ4v) is 3.53. The molecular formula is C19H19N3O2S. The Bertz CT molecular complexity index is 825. The second kappa shape index (κ2) is 7.19. The highest BCUT2D eigenvalue weighted by atomic mass is 32.1. The Morgan fingerprint density at radius 3 is 2.84 bits per heavy atom. The van der Waals surface area contributed by atoms with Crippen LogP contribution in [0.5, 0.6) is 0 Å². The Morgan fingerprint density at radius 1 is 1.28 bits per heavy atom. The van der Waals surface area contributed by atoms with Crippen LogP contribution >= 0.6 is 11.3 Å². The monoisotopic (exact) mass is 353 g/mol. The molecule has 0 radical (unpaired) electrons. The van der Waals surface area contributed by atoms with Crippen molar-refractivity contribution >= 4 is 17.2 Å². The summed E-state index contributed by atoms with van der Waals surface area (Å²) in [6, 6.07) is 12.2. The van der Waals surface area contributed by atoms with Gasteiger partial charge in [-0.05, 0) is 35.8 Å². The van der Waals surface area contributed by atoms with Gasteiger partial charge in [0.15, 0.2) is 0 Å². The molecule has 25 heavy (non-hydrogen) atoms. The maximum Gasteiger partial charge on any atom is 0.227 e. The summed E-state index contributed by atoms with van der Waals surface area (Å²) in [7, 11) is 0. The molecule has 2 heterocycles. The number of hydrogen-bond acceptors (Lipinski definition) is 5. The van der Waals surface area contributed by atoms with Gasteiger partial charge in [-0.2, -0.15) is 16.3 Å². The second-order valence-corrected chi connectivity index (χ2v) is 7.10. The highest BCUT2D eigenvalue weighted by Gasteiger charge is 2.33. The number of amides is 1. The first-order chi connectivity index (χ1) is 12.3. The number of carbonyl (C=O) groups is 1. The molecule has 1 amide bonds. The van der Waals surface area contributed by atoms with Crippen molar-refractivity contribution in [2.75, 3.05) is 0 Å². The van der Waals surface area contributed by atoms with Crippen LogP contribution in [0.25, 0.3) is 11.4 Å². The lowest BCUT2D eigenvalue weighted by atomic mass is 10.0. The van der Waals surface area contributed by atoms with Crippen LogP contribution in [0, 0.1) is 5.92 Å². The Morgan fingerprint density at radius 2 is 2.12 bits per heavy atom. The van der Waals surface area contributed by atoms with Gasteiger partial charge in [0.25, 0.3) is 0 Å². The van der Waals surface area contributed by atoms with Crippen LogP contribution in [0.15, 0.2) is 51.7 Å². The van der Waals surface area contributed by atoms with Crippen molar-refractivity contribution in [2.24, 2.45) is 5.92 Å². The summed E-state index contributed by atoms with van der Waals surface area (Å²) in [5.41, 5.74) is 2.12. The molecule has 1 aliphatic rings. The van der Waals surface area contributed by atoms with E-state index in [0.717, 1.165) is 5.56 Å². The zero-order chi connectivity index (χ0) is 17.1. The number of nitrogens with one attached hydrogen (secondary N) is 1. The Labute approximate surface area is 150 Å². The maximum absolute atomic E-state index is 12.4. The molecule has 4 rings (SSSR count). The van der Waals surface area contributed by atoms with Crippen molar-refractivity contribution in [2.45, 2.75) is 31.7 Å². The SMILES string of the molecule is O=C(CCc1nc(-c2ccsc2)no1)NC(c1ccccc1)C1CC1. The zero-order valence-electron chi connectivity index (χ0n) is 13.7. The van der Waals surface area contributed by atoms with E-state index in [0.29, 0.717) is 30.5 Å². The van der Waals surface area contributed by atoms with E-state index in [1.54, 1.807) is 11.3 Å². The van der Waals surface area contributed by atoms with Crippen LogP contribution in [0.2, 0.25) is 0 Å². The average molecular weight is 353 g/mol. The van der Waals surface area contributed by atoms with Gasteiger partial charge in [0.2, 0.25) is 17.6 Å². The predicted octanol–water partition coefficient (Wildman–Crippen LogP) is 4.00. The Hall–Kier alpha value is -2.47. The molecule has 3 aromatic rings. The molecule has 1 fully saturated rings. The molecule has 0 bridgehead atoms. The van der Waals surface area contributed by atoms with E-state index in [9.17, 15) is 4.79 Å². The summed E-state index contributed by atoms with van der Waals surface area (Å²) >= 11 is 1.59. The highest BCUT2D eigenvalue weighted by molar-refractivity contribution is 7.08. The lowest BCUT2D eigenvalue weighted by molar-refractivity contribution is -0.122. The van der Waals surface area contributed by atoms with Gasteiger partial charge in [0.1, 0.15) is 0 Å². The van der Waals surface area contributed by atoms with Gasteiger partial charge < -0.3 is 9.84 Å². The molecule has 0 spiro atoms. The number of aryl methyl sites for hydroxylation is 1. The van der Waals surface area contributed by atoms with Crippen LogP contribution < -0.4 is 5.32 Å². The third-order valence-corrected chi connectivity index (χ3v) is 5.07. The summed E-state index contributed by atoms with van der Waals surface area (Å²) in [5.74, 6) is 1.66. The first kappa shape index (κ1) is 16.0. The molecule has 6 heteroatoms. The zero-order valence-corrected chi connectivity index (χ0v) is 14.5. The predicted molar refractivity (Wildman–Crippen MR) is 96.0 cm³/mol. The first-order valence-corrected chi connectivity index (χ1v) is 9.43. The van der Waals surface area contributed by atoms with Crippen LogP contribution in [0.4, 0.5) is 0 Å². The Kier molecular flexibility index (Phi) is 4.61. The van der Waals surface area contributed by atoms with E-state index in [1.807, 2.05) is 35.0 Å². The molecule has 128 valence electrons. The molecular weight excluding hydrogens is 334 g/mol. The summed E-state index contributed by atoms with van der Waals surface area (Å²) in [5, 5.41) is 11.1. The molecule has 1 saturated carbocycles. The Balaban J connectivity index is 1.34. The van der Waals surface area contributed by atoms with Crippen LogP contribution in [0.3, 0.4) is 0 Å². The van der Waals surface area contributed by atoms with Crippen molar-refractivity contribution in [3.05, 3.63) is 58.6 Å². The van der Waals surface area contributed by atoms with Crippen LogP contribution in [0.1, 0.15) is 36.8 Å². The minimum Gasteiger partial charge on any atom is -0.349 e. The summed E-state index contributed by atoms with van der Waals surface area (Å²) in [4.78, 5) is 16.7. The largest absolute Gasteiger partial charge is 0.349 e. The van der Waals surface area contributed by atoms with Crippen LogP contribution in [-0.2, 0) is 11.2 Å². The van der Waals surface area contributed by atoms with Gasteiger partial charge in [0, 0.05) is 23.8 Å². The van der Waals surface area contributed by atoms with Gasteiger partial charge in [-0.25, -0.2) is 0 Å². The van der Waals surface area contributed by atoms with Gasteiger partial charge in [0.05, 0.1) is 6.04 Å². The molecule has 0 aliphatic heterocycles. The number of rotatable bonds is 7. The van der Waals surface area contributed by atoms with E-state index >= 15 is 0 Å². The summed E-state index contributed by atoms with van der Waals surface area (Å²) < 4.78 is 5.25. The smallest absolute Gasteiger partial charge is 0.227 e. The van der Waals surface area contributed by atoms with Gasteiger partial charge in [-0.1, -0.05) is 35.5 Å². The third-order valence-electron chi connectivity index (χ3n) is 4.38. The topological polar surface area (TPSA) is 68.0 Å². The van der Waals surface area contributed by atoms with Gasteiger partial charge in [-0.3, -0.25) is 4.79 Å².